The predicted molar refractivity (Wildman–Crippen MR) is 121 cm³/mol. The molecule has 1 heterocycles. The van der Waals surface area contributed by atoms with Crippen LogP contribution in [0.15, 0.2) is 30.9 Å². The van der Waals surface area contributed by atoms with Gasteiger partial charge in [-0.25, -0.2) is 4.98 Å². The van der Waals surface area contributed by atoms with Crippen molar-refractivity contribution in [1.29, 1.82) is 0 Å². The second-order valence-corrected chi connectivity index (χ2v) is 8.52. The van der Waals surface area contributed by atoms with Gasteiger partial charge in [-0.1, -0.05) is 13.8 Å². The summed E-state index contributed by atoms with van der Waals surface area (Å²) in [5.74, 6) is 3.34. The molecule has 0 unspecified atom stereocenters. The van der Waals surface area contributed by atoms with Gasteiger partial charge < -0.3 is 18.9 Å². The van der Waals surface area contributed by atoms with Crippen LogP contribution in [0.2, 0.25) is 0 Å². The summed E-state index contributed by atoms with van der Waals surface area (Å²) in [6, 6.07) is 3.87. The van der Waals surface area contributed by atoms with Crippen LogP contribution in [-0.4, -0.2) is 42.2 Å². The van der Waals surface area contributed by atoms with E-state index in [1.54, 1.807) is 38.4 Å². The molecule has 0 aliphatic heterocycles. The van der Waals surface area contributed by atoms with Crippen LogP contribution < -0.4 is 14.2 Å². The average Bonchev–Trinajstić information content (AvgIpc) is 3.43. The number of imidazole rings is 1. The smallest absolute Gasteiger partial charge is 0.269 e. The highest BCUT2D eigenvalue weighted by atomic mass is 32.1. The zero-order valence-corrected chi connectivity index (χ0v) is 19.3. The van der Waals surface area contributed by atoms with Gasteiger partial charge in [0, 0.05) is 36.0 Å². The number of nitrogens with zero attached hydrogens (tertiary/aromatic N) is 2. The van der Waals surface area contributed by atoms with E-state index in [2.05, 4.69) is 18.8 Å². The number of hydrogen-bond donors (Lipinski definition) is 0. The molecule has 1 aromatic carbocycles. The van der Waals surface area contributed by atoms with E-state index in [0.29, 0.717) is 17.0 Å². The highest BCUT2D eigenvalue weighted by molar-refractivity contribution is 7.80. The average molecular weight is 433 g/mol. The number of thiocarbonyl (C=S) groups is 1. The molecule has 0 spiro atoms. The molecule has 30 heavy (non-hydrogen) atoms. The van der Waals surface area contributed by atoms with Crippen LogP contribution in [0, 0.1) is 11.8 Å². The molecule has 3 atom stereocenters. The fourth-order valence-corrected chi connectivity index (χ4v) is 4.76. The Bertz CT molecular complexity index is 813. The predicted octanol–water partition coefficient (Wildman–Crippen LogP) is 5.06. The Kier molecular flexibility index (Phi) is 7.58. The topological polar surface area (TPSA) is 54.7 Å². The minimum atomic E-state index is 0.0418. The van der Waals surface area contributed by atoms with Gasteiger partial charge in [0.05, 0.1) is 21.3 Å². The van der Waals surface area contributed by atoms with Crippen molar-refractivity contribution in [1.82, 2.24) is 9.55 Å². The van der Waals surface area contributed by atoms with Crippen LogP contribution in [0.5, 0.6) is 17.2 Å². The molecule has 1 saturated carbocycles. The fraction of sp³-hybridized carbons (Fsp3) is 0.565. The van der Waals surface area contributed by atoms with Gasteiger partial charge in [-0.05, 0) is 49.7 Å². The van der Waals surface area contributed by atoms with Gasteiger partial charge in [-0.3, -0.25) is 4.57 Å². The van der Waals surface area contributed by atoms with Gasteiger partial charge in [0.15, 0.2) is 0 Å². The molecule has 7 heteroatoms. The minimum Gasteiger partial charge on any atom is -0.496 e. The highest BCUT2D eigenvalue weighted by Gasteiger charge is 2.39. The zero-order valence-electron chi connectivity index (χ0n) is 18.5. The van der Waals surface area contributed by atoms with E-state index in [4.69, 9.17) is 31.2 Å². The molecule has 0 amide bonds. The van der Waals surface area contributed by atoms with Crippen molar-refractivity contribution in [2.45, 2.75) is 51.6 Å². The SMILES string of the molecule is COc1cc(OC)c([C@H](CC(C)C)[C@H]2CCC[C@H]2OC(=S)n2ccnc2)c(OC)c1. The summed E-state index contributed by atoms with van der Waals surface area (Å²) in [4.78, 5) is 4.07. The first-order valence-electron chi connectivity index (χ1n) is 10.5. The maximum Gasteiger partial charge on any atom is 0.269 e. The van der Waals surface area contributed by atoms with E-state index in [1.807, 2.05) is 18.3 Å². The second-order valence-electron chi connectivity index (χ2n) is 8.17. The Hall–Kier alpha value is -2.28. The fourth-order valence-electron chi connectivity index (χ4n) is 4.53. The van der Waals surface area contributed by atoms with Gasteiger partial charge in [-0.15, -0.1) is 0 Å². The van der Waals surface area contributed by atoms with E-state index in [-0.39, 0.29) is 12.0 Å². The van der Waals surface area contributed by atoms with Crippen LogP contribution in [0.3, 0.4) is 0 Å². The monoisotopic (exact) mass is 432 g/mol. The van der Waals surface area contributed by atoms with Gasteiger partial charge in [0.25, 0.3) is 5.17 Å². The molecule has 0 N–H and O–H groups in total. The van der Waals surface area contributed by atoms with Gasteiger partial charge in [0.1, 0.15) is 29.7 Å². The third-order valence-electron chi connectivity index (χ3n) is 5.84. The second kappa shape index (κ2) is 10.2. The minimum absolute atomic E-state index is 0.0418. The lowest BCUT2D eigenvalue weighted by Gasteiger charge is -2.32. The zero-order chi connectivity index (χ0) is 21.7. The molecule has 0 bridgehead atoms. The Morgan fingerprint density at radius 2 is 1.83 bits per heavy atom. The first kappa shape index (κ1) is 22.4. The molecule has 2 aromatic rings. The van der Waals surface area contributed by atoms with Gasteiger partial charge >= 0.3 is 0 Å². The summed E-state index contributed by atoms with van der Waals surface area (Å²) in [6.07, 6.45) is 9.40. The third kappa shape index (κ3) is 4.89. The Morgan fingerprint density at radius 3 is 2.37 bits per heavy atom. The Balaban J connectivity index is 1.96. The van der Waals surface area contributed by atoms with Gasteiger partial charge in [0.2, 0.25) is 0 Å². The maximum atomic E-state index is 6.29. The van der Waals surface area contributed by atoms with E-state index in [1.165, 1.54) is 0 Å². The molecule has 1 aromatic heterocycles. The van der Waals surface area contributed by atoms with Crippen molar-refractivity contribution in [3.63, 3.8) is 0 Å². The summed E-state index contributed by atoms with van der Waals surface area (Å²) in [5, 5.41) is 0.446. The Morgan fingerprint density at radius 1 is 1.13 bits per heavy atom. The van der Waals surface area contributed by atoms with Crippen molar-refractivity contribution < 1.29 is 18.9 Å². The van der Waals surface area contributed by atoms with Crippen LogP contribution in [0.4, 0.5) is 0 Å². The van der Waals surface area contributed by atoms with Crippen molar-refractivity contribution >= 4 is 17.4 Å². The lowest BCUT2D eigenvalue weighted by atomic mass is 9.77. The molecular weight excluding hydrogens is 400 g/mol. The number of ether oxygens (including phenoxy) is 4. The van der Waals surface area contributed by atoms with Crippen molar-refractivity contribution in [2.24, 2.45) is 11.8 Å². The lowest BCUT2D eigenvalue weighted by Crippen LogP contribution is -2.29. The van der Waals surface area contributed by atoms with Crippen LogP contribution in [-0.2, 0) is 4.74 Å². The Labute approximate surface area is 184 Å². The van der Waals surface area contributed by atoms with Crippen molar-refractivity contribution in [2.75, 3.05) is 21.3 Å². The molecule has 0 radical (unpaired) electrons. The molecule has 1 aliphatic rings. The number of rotatable bonds is 8. The summed E-state index contributed by atoms with van der Waals surface area (Å²) in [6.45, 7) is 4.49. The summed E-state index contributed by atoms with van der Waals surface area (Å²) in [5.41, 5.74) is 1.09. The van der Waals surface area contributed by atoms with Crippen LogP contribution >= 0.6 is 12.2 Å². The normalized spacial score (nSPS) is 19.5. The molecule has 164 valence electrons. The number of aromatic nitrogens is 2. The van der Waals surface area contributed by atoms with Gasteiger partial charge in [-0.2, -0.15) is 0 Å². The molecule has 3 rings (SSSR count). The van der Waals surface area contributed by atoms with E-state index in [9.17, 15) is 0 Å². The number of methoxy groups -OCH3 is 3. The molecule has 1 aliphatic carbocycles. The molecule has 0 saturated heterocycles. The molecule has 1 fully saturated rings. The van der Waals surface area contributed by atoms with E-state index in [0.717, 1.165) is 48.5 Å². The molecular formula is C23H32N2O4S. The first-order chi connectivity index (χ1) is 14.5. The van der Waals surface area contributed by atoms with E-state index < -0.39 is 0 Å². The van der Waals surface area contributed by atoms with Crippen molar-refractivity contribution in [3.8, 4) is 17.2 Å². The van der Waals surface area contributed by atoms with E-state index >= 15 is 0 Å². The number of benzene rings is 1. The van der Waals surface area contributed by atoms with Crippen molar-refractivity contribution in [3.05, 3.63) is 36.4 Å². The van der Waals surface area contributed by atoms with Crippen LogP contribution in [0.1, 0.15) is 51.0 Å². The lowest BCUT2D eigenvalue weighted by molar-refractivity contribution is 0.121. The first-order valence-corrected chi connectivity index (χ1v) is 10.9. The standard InChI is InChI=1S/C23H32N2O4S/c1-15(2)11-18(22-20(27-4)12-16(26-3)13-21(22)28-5)17-7-6-8-19(17)29-23(30)25-10-9-24-14-25/h9-10,12-15,17-19H,6-8,11H2,1-5H3/t17-,18-,19-/m1/s1. The summed E-state index contributed by atoms with van der Waals surface area (Å²) in [7, 11) is 5.04. The molecule has 6 nitrogen and oxygen atoms in total. The summed E-state index contributed by atoms with van der Waals surface area (Å²) >= 11 is 5.52. The van der Waals surface area contributed by atoms with Crippen LogP contribution in [0.25, 0.3) is 0 Å². The quantitative estimate of drug-likeness (QED) is 0.544. The summed E-state index contributed by atoms with van der Waals surface area (Å²) < 4.78 is 25.1. The largest absolute Gasteiger partial charge is 0.496 e. The third-order valence-corrected chi connectivity index (χ3v) is 6.14. The highest BCUT2D eigenvalue weighted by Crippen LogP contribution is 2.49. The maximum absolute atomic E-state index is 6.29. The number of hydrogen-bond acceptors (Lipinski definition) is 6.